The van der Waals surface area contributed by atoms with Crippen molar-refractivity contribution >= 4 is 0 Å². The Balaban J connectivity index is 4.31. The van der Waals surface area contributed by atoms with Crippen LogP contribution in [0.4, 0.5) is 0 Å². The van der Waals surface area contributed by atoms with E-state index >= 15 is 0 Å². The molecule has 1 N–H and O–H groups in total. The van der Waals surface area contributed by atoms with Gasteiger partial charge in [-0.05, 0) is 36.6 Å². The van der Waals surface area contributed by atoms with Crippen LogP contribution in [0.15, 0.2) is 0 Å². The van der Waals surface area contributed by atoms with Crippen molar-refractivity contribution in [3.05, 3.63) is 0 Å². The van der Waals surface area contributed by atoms with E-state index in [0.717, 1.165) is 18.4 Å². The standard InChI is InChI=1S/C15H33N/c1-7-10-14(6)15(8-2,9-3)12-16-11-13(4)5/h13-14,16H,7-12H2,1-6H3. The van der Waals surface area contributed by atoms with E-state index in [1.165, 1.54) is 32.2 Å². The molecule has 0 radical (unpaired) electrons. The van der Waals surface area contributed by atoms with Crippen LogP contribution in [0.3, 0.4) is 0 Å². The van der Waals surface area contributed by atoms with E-state index in [-0.39, 0.29) is 0 Å². The molecule has 0 aromatic carbocycles. The predicted molar refractivity (Wildman–Crippen MR) is 74.8 cm³/mol. The molecule has 1 unspecified atom stereocenters. The van der Waals surface area contributed by atoms with Gasteiger partial charge in [0.15, 0.2) is 0 Å². The Bertz CT molecular complexity index is 159. The smallest absolute Gasteiger partial charge is 0.00103 e. The van der Waals surface area contributed by atoms with E-state index in [4.69, 9.17) is 0 Å². The summed E-state index contributed by atoms with van der Waals surface area (Å²) >= 11 is 0. The van der Waals surface area contributed by atoms with E-state index in [2.05, 4.69) is 46.9 Å². The van der Waals surface area contributed by atoms with Gasteiger partial charge in [-0.25, -0.2) is 0 Å². The largest absolute Gasteiger partial charge is 0.316 e. The van der Waals surface area contributed by atoms with Crippen molar-refractivity contribution in [2.24, 2.45) is 17.3 Å². The molecule has 0 heterocycles. The third-order valence-electron chi connectivity index (χ3n) is 4.20. The normalized spacial score (nSPS) is 14.4. The fourth-order valence-electron chi connectivity index (χ4n) is 2.72. The summed E-state index contributed by atoms with van der Waals surface area (Å²) in [6, 6.07) is 0. The minimum Gasteiger partial charge on any atom is -0.316 e. The van der Waals surface area contributed by atoms with Gasteiger partial charge in [-0.15, -0.1) is 0 Å². The second-order valence-corrected chi connectivity index (χ2v) is 5.78. The van der Waals surface area contributed by atoms with Crippen LogP contribution in [-0.4, -0.2) is 13.1 Å². The maximum absolute atomic E-state index is 3.67. The average Bonchev–Trinajstić information content (AvgIpc) is 2.24. The van der Waals surface area contributed by atoms with Crippen LogP contribution in [0.25, 0.3) is 0 Å². The van der Waals surface area contributed by atoms with Gasteiger partial charge in [0.05, 0.1) is 0 Å². The monoisotopic (exact) mass is 227 g/mol. The number of hydrogen-bond acceptors (Lipinski definition) is 1. The van der Waals surface area contributed by atoms with Crippen molar-refractivity contribution in [3.8, 4) is 0 Å². The highest BCUT2D eigenvalue weighted by Crippen LogP contribution is 2.37. The lowest BCUT2D eigenvalue weighted by atomic mass is 9.70. The Morgan fingerprint density at radius 2 is 1.56 bits per heavy atom. The maximum atomic E-state index is 3.67. The molecule has 0 aliphatic heterocycles. The van der Waals surface area contributed by atoms with E-state index in [0.29, 0.717) is 5.41 Å². The Morgan fingerprint density at radius 1 is 1.00 bits per heavy atom. The van der Waals surface area contributed by atoms with E-state index < -0.39 is 0 Å². The van der Waals surface area contributed by atoms with Gasteiger partial charge in [-0.2, -0.15) is 0 Å². The molecule has 0 bridgehead atoms. The first-order valence-corrected chi connectivity index (χ1v) is 7.23. The van der Waals surface area contributed by atoms with Crippen LogP contribution in [-0.2, 0) is 0 Å². The SMILES string of the molecule is CCCC(C)C(CC)(CC)CNCC(C)C. The van der Waals surface area contributed by atoms with E-state index in [1.807, 2.05) is 0 Å². The van der Waals surface area contributed by atoms with Crippen molar-refractivity contribution < 1.29 is 0 Å². The van der Waals surface area contributed by atoms with Crippen molar-refractivity contribution in [1.82, 2.24) is 5.32 Å². The molecule has 0 rings (SSSR count). The van der Waals surface area contributed by atoms with Crippen molar-refractivity contribution in [1.29, 1.82) is 0 Å². The first-order chi connectivity index (χ1) is 7.52. The summed E-state index contributed by atoms with van der Waals surface area (Å²) in [6.45, 7) is 16.4. The van der Waals surface area contributed by atoms with Crippen LogP contribution in [0.2, 0.25) is 0 Å². The summed E-state index contributed by atoms with van der Waals surface area (Å²) in [5.74, 6) is 1.60. The number of nitrogens with one attached hydrogen (secondary N) is 1. The fraction of sp³-hybridized carbons (Fsp3) is 1.00. The first kappa shape index (κ1) is 16.0. The zero-order chi connectivity index (χ0) is 12.6. The molecular weight excluding hydrogens is 194 g/mol. The van der Waals surface area contributed by atoms with Gasteiger partial charge in [0, 0.05) is 6.54 Å². The highest BCUT2D eigenvalue weighted by molar-refractivity contribution is 4.84. The fourth-order valence-corrected chi connectivity index (χ4v) is 2.72. The van der Waals surface area contributed by atoms with Crippen LogP contribution in [0.5, 0.6) is 0 Å². The Morgan fingerprint density at radius 3 is 1.94 bits per heavy atom. The molecule has 0 fully saturated rings. The second-order valence-electron chi connectivity index (χ2n) is 5.78. The quantitative estimate of drug-likeness (QED) is 0.612. The molecule has 0 aliphatic rings. The molecule has 16 heavy (non-hydrogen) atoms. The molecule has 1 nitrogen and oxygen atoms in total. The average molecular weight is 227 g/mol. The zero-order valence-corrected chi connectivity index (χ0v) is 12.4. The Hall–Kier alpha value is -0.0400. The molecular formula is C15H33N. The molecule has 1 heteroatoms. The van der Waals surface area contributed by atoms with Crippen molar-refractivity contribution in [2.75, 3.05) is 13.1 Å². The summed E-state index contributed by atoms with van der Waals surface area (Å²) in [5.41, 5.74) is 0.519. The van der Waals surface area contributed by atoms with Crippen LogP contribution >= 0.6 is 0 Å². The van der Waals surface area contributed by atoms with Gasteiger partial charge in [0.25, 0.3) is 0 Å². The van der Waals surface area contributed by atoms with Gasteiger partial charge in [-0.1, -0.05) is 54.4 Å². The van der Waals surface area contributed by atoms with E-state index in [9.17, 15) is 0 Å². The first-order valence-electron chi connectivity index (χ1n) is 7.23. The molecule has 1 atom stereocenters. The van der Waals surface area contributed by atoms with Crippen LogP contribution in [0, 0.1) is 17.3 Å². The summed E-state index contributed by atoms with van der Waals surface area (Å²) in [7, 11) is 0. The second kappa shape index (κ2) is 8.11. The van der Waals surface area contributed by atoms with Crippen LogP contribution < -0.4 is 5.32 Å². The molecule has 0 saturated heterocycles. The van der Waals surface area contributed by atoms with Crippen molar-refractivity contribution in [2.45, 2.75) is 67.2 Å². The number of rotatable bonds is 9. The third-order valence-corrected chi connectivity index (χ3v) is 4.20. The molecule has 0 aromatic rings. The minimum absolute atomic E-state index is 0.519. The van der Waals surface area contributed by atoms with Gasteiger partial charge in [-0.3, -0.25) is 0 Å². The van der Waals surface area contributed by atoms with Crippen LogP contribution in [0.1, 0.15) is 67.2 Å². The highest BCUT2D eigenvalue weighted by Gasteiger charge is 2.31. The lowest BCUT2D eigenvalue weighted by Crippen LogP contribution is -2.39. The molecule has 0 amide bonds. The molecule has 0 spiro atoms. The molecule has 0 aliphatic carbocycles. The molecule has 98 valence electrons. The minimum atomic E-state index is 0.519. The molecule has 0 saturated carbocycles. The summed E-state index contributed by atoms with van der Waals surface area (Å²) in [4.78, 5) is 0. The lowest BCUT2D eigenvalue weighted by Gasteiger charge is -2.38. The summed E-state index contributed by atoms with van der Waals surface area (Å²) in [6.07, 6.45) is 5.28. The van der Waals surface area contributed by atoms with Gasteiger partial charge in [0.2, 0.25) is 0 Å². The van der Waals surface area contributed by atoms with Gasteiger partial charge < -0.3 is 5.32 Å². The summed E-state index contributed by atoms with van der Waals surface area (Å²) < 4.78 is 0. The summed E-state index contributed by atoms with van der Waals surface area (Å²) in [5, 5.41) is 3.67. The van der Waals surface area contributed by atoms with Gasteiger partial charge in [0.1, 0.15) is 0 Å². The molecule has 0 aromatic heterocycles. The van der Waals surface area contributed by atoms with E-state index in [1.54, 1.807) is 0 Å². The highest BCUT2D eigenvalue weighted by atomic mass is 14.9. The number of hydrogen-bond donors (Lipinski definition) is 1. The predicted octanol–water partition coefficient (Wildman–Crippen LogP) is 4.47. The Labute approximate surface area is 103 Å². The maximum Gasteiger partial charge on any atom is 0.00103 e. The zero-order valence-electron chi connectivity index (χ0n) is 12.4. The Kier molecular flexibility index (Phi) is 8.09. The lowest BCUT2D eigenvalue weighted by molar-refractivity contribution is 0.140. The topological polar surface area (TPSA) is 12.0 Å². The van der Waals surface area contributed by atoms with Gasteiger partial charge >= 0.3 is 0 Å². The van der Waals surface area contributed by atoms with Crippen molar-refractivity contribution in [3.63, 3.8) is 0 Å². The third kappa shape index (κ3) is 4.86.